The van der Waals surface area contributed by atoms with Gasteiger partial charge in [-0.25, -0.2) is 13.1 Å². The Hall–Kier alpha value is -3.44. The van der Waals surface area contributed by atoms with Crippen LogP contribution >= 0.6 is 0 Å². The van der Waals surface area contributed by atoms with Crippen LogP contribution in [0.4, 0.5) is 5.69 Å². The number of anilines is 1. The molecular weight excluding hydrogens is 436 g/mol. The molecule has 2 rings (SSSR count). The fourth-order valence-electron chi connectivity index (χ4n) is 2.66. The minimum absolute atomic E-state index is 0.100. The second-order valence-electron chi connectivity index (χ2n) is 7.90. The van der Waals surface area contributed by atoms with Gasteiger partial charge in [0.25, 0.3) is 11.8 Å². The van der Waals surface area contributed by atoms with Crippen molar-refractivity contribution in [3.05, 3.63) is 53.6 Å². The van der Waals surface area contributed by atoms with Crippen LogP contribution in [0.2, 0.25) is 0 Å². The number of amides is 3. The Bertz CT molecular complexity index is 1120. The van der Waals surface area contributed by atoms with Gasteiger partial charge < -0.3 is 21.1 Å². The highest BCUT2D eigenvalue weighted by Gasteiger charge is 2.26. The van der Waals surface area contributed by atoms with E-state index in [4.69, 9.17) is 10.5 Å². The zero-order valence-electron chi connectivity index (χ0n) is 18.2. The number of hydrogen-bond acceptors (Lipinski definition) is 6. The molecule has 172 valence electrons. The maximum absolute atomic E-state index is 12.8. The Morgan fingerprint density at radius 3 is 2.09 bits per heavy atom. The molecule has 32 heavy (non-hydrogen) atoms. The topological polar surface area (TPSA) is 157 Å². The molecule has 0 aliphatic heterocycles. The average Bonchev–Trinajstić information content (AvgIpc) is 2.70. The first kappa shape index (κ1) is 24.8. The SMILES string of the molecule is COc1ccc(C(=O)Nc2ccc(C(=O)NCC(N)=O)cc2)cc1S(=O)(=O)NC(C)(C)C. The molecule has 0 fully saturated rings. The number of rotatable bonds is 8. The van der Waals surface area contributed by atoms with Gasteiger partial charge in [0.2, 0.25) is 15.9 Å². The van der Waals surface area contributed by atoms with Crippen LogP contribution in [0, 0.1) is 0 Å². The summed E-state index contributed by atoms with van der Waals surface area (Å²) in [5.41, 5.74) is 5.02. The molecule has 5 N–H and O–H groups in total. The quantitative estimate of drug-likeness (QED) is 0.462. The average molecular weight is 463 g/mol. The van der Waals surface area contributed by atoms with E-state index in [1.165, 1.54) is 49.6 Å². The van der Waals surface area contributed by atoms with Crippen molar-refractivity contribution in [1.82, 2.24) is 10.0 Å². The summed E-state index contributed by atoms with van der Waals surface area (Å²) in [7, 11) is -2.61. The largest absolute Gasteiger partial charge is 0.495 e. The van der Waals surface area contributed by atoms with Crippen molar-refractivity contribution < 1.29 is 27.5 Å². The molecule has 0 aromatic heterocycles. The number of carbonyl (C=O) groups excluding carboxylic acids is 3. The lowest BCUT2D eigenvalue weighted by Crippen LogP contribution is -2.40. The summed E-state index contributed by atoms with van der Waals surface area (Å²) < 4.78 is 33.2. The third kappa shape index (κ3) is 6.79. The van der Waals surface area contributed by atoms with E-state index in [1.807, 2.05) is 0 Å². The van der Waals surface area contributed by atoms with Gasteiger partial charge in [-0.05, 0) is 63.2 Å². The van der Waals surface area contributed by atoms with E-state index in [9.17, 15) is 22.8 Å². The van der Waals surface area contributed by atoms with Crippen LogP contribution in [0.1, 0.15) is 41.5 Å². The Kier molecular flexibility index (Phi) is 7.60. The molecule has 2 aromatic carbocycles. The fraction of sp³-hybridized carbons (Fsp3) is 0.286. The number of benzene rings is 2. The first-order valence-corrected chi connectivity index (χ1v) is 11.0. The third-order valence-electron chi connectivity index (χ3n) is 3.98. The van der Waals surface area contributed by atoms with E-state index >= 15 is 0 Å². The van der Waals surface area contributed by atoms with E-state index in [1.54, 1.807) is 20.8 Å². The van der Waals surface area contributed by atoms with E-state index in [0.29, 0.717) is 5.69 Å². The standard InChI is InChI=1S/C21H26N4O6S/c1-21(2,3)25-32(29,30)17-11-14(7-10-16(17)31-4)20(28)24-15-8-5-13(6-9-15)19(27)23-12-18(22)26/h5-11,25H,12H2,1-4H3,(H2,22,26)(H,23,27)(H,24,28). The number of methoxy groups -OCH3 is 1. The van der Waals surface area contributed by atoms with Crippen molar-refractivity contribution in [1.29, 1.82) is 0 Å². The summed E-state index contributed by atoms with van der Waals surface area (Å²) in [4.78, 5) is 35.2. The number of primary amides is 1. The van der Waals surface area contributed by atoms with Crippen molar-refractivity contribution in [2.75, 3.05) is 19.0 Å². The zero-order valence-corrected chi connectivity index (χ0v) is 19.0. The predicted octanol–water partition coefficient (Wildman–Crippen LogP) is 1.24. The van der Waals surface area contributed by atoms with Crippen LogP contribution in [-0.2, 0) is 14.8 Å². The minimum Gasteiger partial charge on any atom is -0.495 e. The molecular formula is C21H26N4O6S. The summed E-state index contributed by atoms with van der Waals surface area (Å²) in [6.07, 6.45) is 0. The van der Waals surface area contributed by atoms with Gasteiger partial charge in [-0.1, -0.05) is 0 Å². The van der Waals surface area contributed by atoms with Gasteiger partial charge in [0, 0.05) is 22.4 Å². The maximum Gasteiger partial charge on any atom is 0.255 e. The summed E-state index contributed by atoms with van der Waals surface area (Å²) in [5.74, 6) is -1.60. The van der Waals surface area contributed by atoms with Crippen molar-refractivity contribution >= 4 is 33.4 Å². The molecule has 0 spiro atoms. The van der Waals surface area contributed by atoms with Gasteiger partial charge >= 0.3 is 0 Å². The highest BCUT2D eigenvalue weighted by Crippen LogP contribution is 2.26. The molecule has 11 heteroatoms. The smallest absolute Gasteiger partial charge is 0.255 e. The van der Waals surface area contributed by atoms with Crippen molar-refractivity contribution in [3.63, 3.8) is 0 Å². The van der Waals surface area contributed by atoms with Crippen molar-refractivity contribution in [2.45, 2.75) is 31.2 Å². The van der Waals surface area contributed by atoms with Gasteiger partial charge in [-0.2, -0.15) is 0 Å². The first-order chi connectivity index (χ1) is 14.8. The highest BCUT2D eigenvalue weighted by atomic mass is 32.2. The van der Waals surface area contributed by atoms with Crippen LogP contribution < -0.4 is 25.8 Å². The van der Waals surface area contributed by atoms with Gasteiger partial charge in [-0.3, -0.25) is 14.4 Å². The summed E-state index contributed by atoms with van der Waals surface area (Å²) >= 11 is 0. The van der Waals surface area contributed by atoms with E-state index in [0.717, 1.165) is 0 Å². The van der Waals surface area contributed by atoms with Crippen LogP contribution in [0.25, 0.3) is 0 Å². The van der Waals surface area contributed by atoms with E-state index in [2.05, 4.69) is 15.4 Å². The Morgan fingerprint density at radius 2 is 1.56 bits per heavy atom. The molecule has 0 atom stereocenters. The molecule has 3 amide bonds. The number of ether oxygens (including phenoxy) is 1. The summed E-state index contributed by atoms with van der Waals surface area (Å²) in [6.45, 7) is 4.81. The lowest BCUT2D eigenvalue weighted by Gasteiger charge is -2.21. The second kappa shape index (κ2) is 9.79. The monoisotopic (exact) mass is 462 g/mol. The number of nitrogens with one attached hydrogen (secondary N) is 3. The lowest BCUT2D eigenvalue weighted by atomic mass is 10.1. The molecule has 0 bridgehead atoms. The molecule has 0 saturated heterocycles. The van der Waals surface area contributed by atoms with Crippen molar-refractivity contribution in [3.8, 4) is 5.75 Å². The van der Waals surface area contributed by atoms with Gasteiger partial charge in [-0.15, -0.1) is 0 Å². The Labute approximate surface area is 186 Å². The third-order valence-corrected chi connectivity index (χ3v) is 5.76. The number of sulfonamides is 1. The molecule has 0 unspecified atom stereocenters. The summed E-state index contributed by atoms with van der Waals surface area (Å²) in [5, 5.41) is 4.99. The molecule has 0 saturated carbocycles. The van der Waals surface area contributed by atoms with Crippen LogP contribution in [-0.4, -0.2) is 45.3 Å². The molecule has 2 aromatic rings. The molecule has 0 heterocycles. The molecule has 0 radical (unpaired) electrons. The predicted molar refractivity (Wildman–Crippen MR) is 119 cm³/mol. The van der Waals surface area contributed by atoms with Crippen molar-refractivity contribution in [2.24, 2.45) is 5.73 Å². The zero-order chi connectivity index (χ0) is 24.1. The Morgan fingerprint density at radius 1 is 0.969 bits per heavy atom. The first-order valence-electron chi connectivity index (χ1n) is 9.52. The second-order valence-corrected chi connectivity index (χ2v) is 9.55. The lowest BCUT2D eigenvalue weighted by molar-refractivity contribution is -0.117. The molecule has 0 aliphatic carbocycles. The number of nitrogens with two attached hydrogens (primary N) is 1. The van der Waals surface area contributed by atoms with E-state index in [-0.39, 0.29) is 28.3 Å². The normalized spacial score (nSPS) is 11.5. The maximum atomic E-state index is 12.8. The molecule has 10 nitrogen and oxygen atoms in total. The minimum atomic E-state index is -3.95. The fourth-order valence-corrected chi connectivity index (χ4v) is 4.28. The van der Waals surface area contributed by atoms with Crippen LogP contribution in [0.5, 0.6) is 5.75 Å². The Balaban J connectivity index is 2.22. The summed E-state index contributed by atoms with van der Waals surface area (Å²) in [6, 6.07) is 9.99. The molecule has 0 aliphatic rings. The van der Waals surface area contributed by atoms with Gasteiger partial charge in [0.15, 0.2) is 0 Å². The van der Waals surface area contributed by atoms with Gasteiger partial charge in [0.05, 0.1) is 13.7 Å². The van der Waals surface area contributed by atoms with E-state index < -0.39 is 33.3 Å². The number of carbonyl (C=O) groups is 3. The van der Waals surface area contributed by atoms with Crippen LogP contribution in [0.3, 0.4) is 0 Å². The highest BCUT2D eigenvalue weighted by molar-refractivity contribution is 7.89. The van der Waals surface area contributed by atoms with Gasteiger partial charge in [0.1, 0.15) is 10.6 Å². The number of hydrogen-bond donors (Lipinski definition) is 4. The van der Waals surface area contributed by atoms with Crippen LogP contribution in [0.15, 0.2) is 47.4 Å².